The Morgan fingerprint density at radius 2 is 1.83 bits per heavy atom. The first-order valence-corrected chi connectivity index (χ1v) is 10.2. The highest BCUT2D eigenvalue weighted by molar-refractivity contribution is 6.33. The molecule has 0 unspecified atom stereocenters. The van der Waals surface area contributed by atoms with Gasteiger partial charge in [-0.1, -0.05) is 23.7 Å². The first-order chi connectivity index (χ1) is 14.1. The molecule has 1 aromatic heterocycles. The molecular formula is C23H20ClN3O2. The van der Waals surface area contributed by atoms with Crippen LogP contribution in [0.25, 0.3) is 11.3 Å². The predicted octanol–water partition coefficient (Wildman–Crippen LogP) is 4.58. The maximum Gasteiger partial charge on any atom is 0.255 e. The quantitative estimate of drug-likeness (QED) is 0.692. The molecule has 146 valence electrons. The normalized spacial score (nSPS) is 15.8. The van der Waals surface area contributed by atoms with Crippen molar-refractivity contribution in [3.63, 3.8) is 0 Å². The van der Waals surface area contributed by atoms with Crippen molar-refractivity contribution in [2.24, 2.45) is 0 Å². The molecule has 0 atom stereocenters. The number of aromatic hydroxyl groups is 1. The number of phenols is 1. The summed E-state index contributed by atoms with van der Waals surface area (Å²) < 4.78 is 0. The van der Waals surface area contributed by atoms with Crippen molar-refractivity contribution in [1.29, 1.82) is 0 Å². The first kappa shape index (κ1) is 18.1. The van der Waals surface area contributed by atoms with E-state index in [2.05, 4.69) is 0 Å². The molecule has 3 aromatic rings. The largest absolute Gasteiger partial charge is 0.508 e. The average molecular weight is 406 g/mol. The lowest BCUT2D eigenvalue weighted by molar-refractivity contribution is 0.0734. The lowest BCUT2D eigenvalue weighted by Gasteiger charge is -2.30. The molecule has 0 spiro atoms. The van der Waals surface area contributed by atoms with E-state index >= 15 is 0 Å². The van der Waals surface area contributed by atoms with E-state index in [0.29, 0.717) is 36.0 Å². The van der Waals surface area contributed by atoms with E-state index in [4.69, 9.17) is 21.6 Å². The predicted molar refractivity (Wildman–Crippen MR) is 111 cm³/mol. The van der Waals surface area contributed by atoms with Gasteiger partial charge in [0.25, 0.3) is 5.91 Å². The zero-order chi connectivity index (χ0) is 20.0. The number of carbonyl (C=O) groups is 1. The highest BCUT2D eigenvalue weighted by Crippen LogP contribution is 2.40. The Morgan fingerprint density at radius 1 is 1.07 bits per heavy atom. The number of nitrogens with zero attached hydrogens (tertiary/aromatic N) is 3. The molecule has 2 aromatic carbocycles. The topological polar surface area (TPSA) is 66.3 Å². The molecule has 0 bridgehead atoms. The van der Waals surface area contributed by atoms with Crippen molar-refractivity contribution >= 4 is 17.5 Å². The fourth-order valence-electron chi connectivity index (χ4n) is 3.79. The monoisotopic (exact) mass is 405 g/mol. The maximum absolute atomic E-state index is 13.1. The Morgan fingerprint density at radius 3 is 2.55 bits per heavy atom. The van der Waals surface area contributed by atoms with Gasteiger partial charge in [-0.15, -0.1) is 0 Å². The Balaban J connectivity index is 1.54. The molecule has 1 N–H and O–H groups in total. The Bertz CT molecular complexity index is 1090. The van der Waals surface area contributed by atoms with Gasteiger partial charge < -0.3 is 10.0 Å². The third-order valence-electron chi connectivity index (χ3n) is 5.55. The molecule has 1 aliphatic carbocycles. The number of rotatable bonds is 3. The maximum atomic E-state index is 13.1. The van der Waals surface area contributed by atoms with E-state index in [-0.39, 0.29) is 11.7 Å². The van der Waals surface area contributed by atoms with Crippen molar-refractivity contribution in [3.8, 4) is 17.0 Å². The van der Waals surface area contributed by atoms with Crippen molar-refractivity contribution in [3.05, 3.63) is 76.2 Å². The van der Waals surface area contributed by atoms with Crippen LogP contribution in [0.2, 0.25) is 5.02 Å². The van der Waals surface area contributed by atoms with Crippen LogP contribution in [0.1, 0.15) is 46.2 Å². The fraction of sp³-hybridized carbons (Fsp3) is 0.261. The number of hydrogen-bond donors (Lipinski definition) is 1. The summed E-state index contributed by atoms with van der Waals surface area (Å²) in [6.07, 6.45) is 2.95. The standard InChI is InChI=1S/C23H20ClN3O2/c24-19-4-2-1-3-17(19)23(29)27-12-11-20-18(13-27)21(14-7-9-16(28)10-8-14)26-22(25-20)15-5-6-15/h1-4,7-10,15,28H,5-6,11-13H2. The zero-order valence-electron chi connectivity index (χ0n) is 15.8. The van der Waals surface area contributed by atoms with Gasteiger partial charge in [-0.3, -0.25) is 4.79 Å². The molecule has 1 fully saturated rings. The summed E-state index contributed by atoms with van der Waals surface area (Å²) in [5.74, 6) is 1.48. The minimum absolute atomic E-state index is 0.0795. The summed E-state index contributed by atoms with van der Waals surface area (Å²) in [5, 5.41) is 10.1. The number of amides is 1. The molecule has 2 aliphatic rings. The van der Waals surface area contributed by atoms with E-state index in [0.717, 1.165) is 41.2 Å². The second kappa shape index (κ2) is 7.16. The number of halogens is 1. The average Bonchev–Trinajstić information content (AvgIpc) is 3.58. The second-order valence-corrected chi connectivity index (χ2v) is 8.04. The van der Waals surface area contributed by atoms with Gasteiger partial charge >= 0.3 is 0 Å². The second-order valence-electron chi connectivity index (χ2n) is 7.63. The zero-order valence-corrected chi connectivity index (χ0v) is 16.6. The third kappa shape index (κ3) is 3.47. The Labute approximate surface area is 174 Å². The van der Waals surface area contributed by atoms with Gasteiger partial charge in [0.05, 0.1) is 22.0 Å². The van der Waals surface area contributed by atoms with Crippen LogP contribution < -0.4 is 0 Å². The van der Waals surface area contributed by atoms with E-state index < -0.39 is 0 Å². The molecule has 1 aliphatic heterocycles. The smallest absolute Gasteiger partial charge is 0.255 e. The number of hydrogen-bond acceptors (Lipinski definition) is 4. The summed E-state index contributed by atoms with van der Waals surface area (Å²) in [6, 6.07) is 14.2. The lowest BCUT2D eigenvalue weighted by Crippen LogP contribution is -2.37. The van der Waals surface area contributed by atoms with Crippen LogP contribution in [0.3, 0.4) is 0 Å². The van der Waals surface area contributed by atoms with E-state index in [1.807, 2.05) is 29.2 Å². The van der Waals surface area contributed by atoms with Crippen molar-refractivity contribution in [2.45, 2.75) is 31.7 Å². The highest BCUT2D eigenvalue weighted by atomic mass is 35.5. The Kier molecular flexibility index (Phi) is 4.47. The van der Waals surface area contributed by atoms with Crippen LogP contribution in [-0.4, -0.2) is 32.4 Å². The molecule has 1 amide bonds. The summed E-state index contributed by atoms with van der Waals surface area (Å²) in [6.45, 7) is 1.05. The van der Waals surface area contributed by atoms with Crippen molar-refractivity contribution < 1.29 is 9.90 Å². The van der Waals surface area contributed by atoms with Gasteiger partial charge in [-0.2, -0.15) is 0 Å². The number of phenolic OH excluding ortho intramolecular Hbond substituents is 1. The van der Waals surface area contributed by atoms with Crippen LogP contribution in [0.15, 0.2) is 48.5 Å². The summed E-state index contributed by atoms with van der Waals surface area (Å²) in [5.41, 5.74) is 4.29. The van der Waals surface area contributed by atoms with Crippen LogP contribution >= 0.6 is 11.6 Å². The molecule has 6 heteroatoms. The van der Waals surface area contributed by atoms with Gasteiger partial charge in [0, 0.05) is 36.6 Å². The fourth-order valence-corrected chi connectivity index (χ4v) is 4.01. The van der Waals surface area contributed by atoms with Crippen LogP contribution in [0.5, 0.6) is 5.75 Å². The highest BCUT2D eigenvalue weighted by Gasteiger charge is 2.32. The number of aromatic nitrogens is 2. The first-order valence-electron chi connectivity index (χ1n) is 9.83. The SMILES string of the molecule is O=C(c1ccccc1Cl)N1CCc2nc(C3CC3)nc(-c3ccc(O)cc3)c2C1. The molecule has 0 radical (unpaired) electrons. The third-order valence-corrected chi connectivity index (χ3v) is 5.88. The van der Waals surface area contributed by atoms with Crippen molar-refractivity contribution in [2.75, 3.05) is 6.54 Å². The Hall–Kier alpha value is -2.92. The molecule has 2 heterocycles. The van der Waals surface area contributed by atoms with Crippen LogP contribution in [0.4, 0.5) is 0 Å². The minimum Gasteiger partial charge on any atom is -0.508 e. The number of carbonyl (C=O) groups excluding carboxylic acids is 1. The van der Waals surface area contributed by atoms with E-state index in [9.17, 15) is 9.90 Å². The number of benzene rings is 2. The molecule has 29 heavy (non-hydrogen) atoms. The molecule has 5 nitrogen and oxygen atoms in total. The van der Waals surface area contributed by atoms with Gasteiger partial charge in [0.2, 0.25) is 0 Å². The number of fused-ring (bicyclic) bond motifs is 1. The van der Waals surface area contributed by atoms with Crippen molar-refractivity contribution in [1.82, 2.24) is 14.9 Å². The van der Waals surface area contributed by atoms with Crippen LogP contribution in [0, 0.1) is 0 Å². The van der Waals surface area contributed by atoms with E-state index in [1.54, 1.807) is 24.3 Å². The molecule has 0 saturated heterocycles. The molecular weight excluding hydrogens is 386 g/mol. The minimum atomic E-state index is -0.0795. The van der Waals surface area contributed by atoms with Gasteiger partial charge in [-0.05, 0) is 49.2 Å². The van der Waals surface area contributed by atoms with Gasteiger partial charge in [0.15, 0.2) is 0 Å². The summed E-state index contributed by atoms with van der Waals surface area (Å²) in [7, 11) is 0. The lowest BCUT2D eigenvalue weighted by atomic mass is 9.98. The molecule has 1 saturated carbocycles. The van der Waals surface area contributed by atoms with Gasteiger partial charge in [0.1, 0.15) is 11.6 Å². The van der Waals surface area contributed by atoms with E-state index in [1.165, 1.54) is 0 Å². The molecule has 5 rings (SSSR count). The van der Waals surface area contributed by atoms with Gasteiger partial charge in [-0.25, -0.2) is 9.97 Å². The summed E-state index contributed by atoms with van der Waals surface area (Å²) in [4.78, 5) is 24.6. The summed E-state index contributed by atoms with van der Waals surface area (Å²) >= 11 is 6.25. The van der Waals surface area contributed by atoms with Crippen LogP contribution in [-0.2, 0) is 13.0 Å².